The molecule has 2 N–H and O–H groups in total. The van der Waals surface area contributed by atoms with Gasteiger partial charge in [0.25, 0.3) is 5.91 Å². The highest BCUT2D eigenvalue weighted by atomic mass is 35.5. The number of carbonyl (C=O) groups is 1. The van der Waals surface area contributed by atoms with Crippen LogP contribution in [0.5, 0.6) is 0 Å². The summed E-state index contributed by atoms with van der Waals surface area (Å²) in [7, 11) is 0. The van der Waals surface area contributed by atoms with E-state index in [9.17, 15) is 4.79 Å². The highest BCUT2D eigenvalue weighted by Crippen LogP contribution is 2.22. The van der Waals surface area contributed by atoms with Crippen LogP contribution in [0.15, 0.2) is 60.3 Å². The van der Waals surface area contributed by atoms with Gasteiger partial charge in [0.1, 0.15) is 11.6 Å². The lowest BCUT2D eigenvalue weighted by molar-refractivity contribution is -0.112. The van der Waals surface area contributed by atoms with Crippen molar-refractivity contribution in [2.75, 3.05) is 10.6 Å². The molecule has 2 rings (SSSR count). The summed E-state index contributed by atoms with van der Waals surface area (Å²) in [5.74, 6) is -0.505. The Kier molecular flexibility index (Phi) is 5.42. The van der Waals surface area contributed by atoms with Crippen LogP contribution in [0.25, 0.3) is 0 Å². The van der Waals surface area contributed by atoms with E-state index < -0.39 is 5.91 Å². The minimum atomic E-state index is -0.505. The van der Waals surface area contributed by atoms with Crippen molar-refractivity contribution >= 4 is 40.5 Å². The van der Waals surface area contributed by atoms with E-state index in [1.54, 1.807) is 42.5 Å². The van der Waals surface area contributed by atoms with Gasteiger partial charge in [0.2, 0.25) is 0 Å². The molecule has 0 saturated heterocycles. The first-order chi connectivity index (χ1) is 10.6. The van der Waals surface area contributed by atoms with Crippen molar-refractivity contribution in [2.24, 2.45) is 0 Å². The Balaban J connectivity index is 2.10. The molecule has 22 heavy (non-hydrogen) atoms. The maximum Gasteiger partial charge on any atom is 0.267 e. The van der Waals surface area contributed by atoms with Crippen LogP contribution in [0.4, 0.5) is 11.4 Å². The molecule has 6 heteroatoms. The van der Waals surface area contributed by atoms with E-state index in [1.807, 2.05) is 12.1 Å². The Hall–Kier alpha value is -2.48. The van der Waals surface area contributed by atoms with E-state index in [-0.39, 0.29) is 5.57 Å². The fraction of sp³-hybridized carbons (Fsp3) is 0. The van der Waals surface area contributed by atoms with E-state index in [1.165, 1.54) is 6.20 Å². The maximum absolute atomic E-state index is 12.0. The first-order valence-corrected chi connectivity index (χ1v) is 7.03. The number of nitriles is 1. The standard InChI is InChI=1S/C16H11Cl2N3O/c17-12-6-13(18)8-15(7-12)20-10-11(9-19)16(22)21-14-4-2-1-3-5-14/h1-8,10,20H,(H,21,22)/b11-10+. The average molecular weight is 332 g/mol. The van der Waals surface area contributed by atoms with Crippen LogP contribution in [0.1, 0.15) is 0 Å². The summed E-state index contributed by atoms with van der Waals surface area (Å²) < 4.78 is 0. The maximum atomic E-state index is 12.0. The number of carbonyl (C=O) groups excluding carboxylic acids is 1. The van der Waals surface area contributed by atoms with Crippen LogP contribution in [0.2, 0.25) is 10.0 Å². The van der Waals surface area contributed by atoms with E-state index in [4.69, 9.17) is 28.5 Å². The molecule has 0 unspecified atom stereocenters. The lowest BCUT2D eigenvalue weighted by atomic mass is 10.2. The highest BCUT2D eigenvalue weighted by molar-refractivity contribution is 6.35. The van der Waals surface area contributed by atoms with Crippen molar-refractivity contribution in [1.29, 1.82) is 5.26 Å². The van der Waals surface area contributed by atoms with E-state index in [0.29, 0.717) is 21.4 Å². The monoisotopic (exact) mass is 331 g/mol. The van der Waals surface area contributed by atoms with Crippen molar-refractivity contribution in [2.45, 2.75) is 0 Å². The topological polar surface area (TPSA) is 64.9 Å². The smallest absolute Gasteiger partial charge is 0.267 e. The largest absolute Gasteiger partial charge is 0.360 e. The van der Waals surface area contributed by atoms with Gasteiger partial charge in [-0.3, -0.25) is 4.79 Å². The lowest BCUT2D eigenvalue weighted by Gasteiger charge is -2.05. The predicted molar refractivity (Wildman–Crippen MR) is 88.9 cm³/mol. The zero-order chi connectivity index (χ0) is 15.9. The summed E-state index contributed by atoms with van der Waals surface area (Å²) in [6.07, 6.45) is 1.31. The second-order valence-corrected chi connectivity index (χ2v) is 5.17. The molecule has 0 saturated carbocycles. The van der Waals surface area contributed by atoms with Crippen molar-refractivity contribution in [3.05, 3.63) is 70.3 Å². The highest BCUT2D eigenvalue weighted by Gasteiger charge is 2.09. The molecule has 0 heterocycles. The Morgan fingerprint density at radius 1 is 1.05 bits per heavy atom. The number of hydrogen-bond donors (Lipinski definition) is 2. The number of hydrogen-bond acceptors (Lipinski definition) is 3. The summed E-state index contributed by atoms with van der Waals surface area (Å²) in [5, 5.41) is 15.5. The number of anilines is 2. The molecule has 0 spiro atoms. The third-order valence-electron chi connectivity index (χ3n) is 2.64. The minimum absolute atomic E-state index is 0.0695. The van der Waals surface area contributed by atoms with E-state index >= 15 is 0 Å². The summed E-state index contributed by atoms with van der Waals surface area (Å²) in [5.41, 5.74) is 1.12. The number of rotatable bonds is 4. The average Bonchev–Trinajstić information content (AvgIpc) is 2.48. The van der Waals surface area contributed by atoms with E-state index in [0.717, 1.165) is 0 Å². The Morgan fingerprint density at radius 2 is 1.68 bits per heavy atom. The molecule has 110 valence electrons. The second-order valence-electron chi connectivity index (χ2n) is 4.29. The Morgan fingerprint density at radius 3 is 2.27 bits per heavy atom. The third-order valence-corrected chi connectivity index (χ3v) is 3.08. The fourth-order valence-electron chi connectivity index (χ4n) is 1.66. The second kappa shape index (κ2) is 7.51. The van der Waals surface area contributed by atoms with Crippen LogP contribution in [-0.4, -0.2) is 5.91 Å². The quantitative estimate of drug-likeness (QED) is 0.642. The molecular weight excluding hydrogens is 321 g/mol. The number of halogens is 2. The fourth-order valence-corrected chi connectivity index (χ4v) is 2.19. The molecule has 0 aliphatic rings. The van der Waals surface area contributed by atoms with Crippen LogP contribution >= 0.6 is 23.2 Å². The van der Waals surface area contributed by atoms with Gasteiger partial charge in [0.15, 0.2) is 0 Å². The summed E-state index contributed by atoms with van der Waals surface area (Å²) in [4.78, 5) is 12.0. The first kappa shape index (κ1) is 15.9. The number of amides is 1. The molecule has 0 bridgehead atoms. The molecule has 0 atom stereocenters. The zero-order valence-corrected chi connectivity index (χ0v) is 12.8. The first-order valence-electron chi connectivity index (χ1n) is 6.28. The molecule has 4 nitrogen and oxygen atoms in total. The van der Waals surface area contributed by atoms with Crippen LogP contribution in [0, 0.1) is 11.3 Å². The summed E-state index contributed by atoms with van der Waals surface area (Å²) >= 11 is 11.8. The van der Waals surface area contributed by atoms with Gasteiger partial charge in [0, 0.05) is 27.6 Å². The SMILES string of the molecule is N#C/C(=C\Nc1cc(Cl)cc(Cl)c1)C(=O)Nc1ccccc1. The van der Waals surface area contributed by atoms with Crippen LogP contribution in [-0.2, 0) is 4.79 Å². The normalized spacial score (nSPS) is 10.7. The molecule has 2 aromatic carbocycles. The minimum Gasteiger partial charge on any atom is -0.360 e. The van der Waals surface area contributed by atoms with Gasteiger partial charge in [-0.05, 0) is 30.3 Å². The number of nitrogens with zero attached hydrogens (tertiary/aromatic N) is 1. The van der Waals surface area contributed by atoms with Gasteiger partial charge in [-0.25, -0.2) is 0 Å². The molecule has 0 radical (unpaired) electrons. The number of benzene rings is 2. The molecular formula is C16H11Cl2N3O. The van der Waals surface area contributed by atoms with Crippen molar-refractivity contribution < 1.29 is 4.79 Å². The van der Waals surface area contributed by atoms with E-state index in [2.05, 4.69) is 10.6 Å². The van der Waals surface area contributed by atoms with Crippen LogP contribution in [0.3, 0.4) is 0 Å². The number of nitrogens with one attached hydrogen (secondary N) is 2. The number of para-hydroxylation sites is 1. The van der Waals surface area contributed by atoms with Crippen molar-refractivity contribution in [3.8, 4) is 6.07 Å². The third kappa shape index (κ3) is 4.52. The molecule has 0 aromatic heterocycles. The molecule has 2 aromatic rings. The van der Waals surface area contributed by atoms with Gasteiger partial charge >= 0.3 is 0 Å². The molecule has 1 amide bonds. The van der Waals surface area contributed by atoms with Crippen molar-refractivity contribution in [1.82, 2.24) is 0 Å². The van der Waals surface area contributed by atoms with Gasteiger partial charge in [0.05, 0.1) is 0 Å². The molecule has 0 fully saturated rings. The predicted octanol–water partition coefficient (Wildman–Crippen LogP) is 4.45. The molecule has 0 aliphatic heterocycles. The van der Waals surface area contributed by atoms with Gasteiger partial charge < -0.3 is 10.6 Å². The van der Waals surface area contributed by atoms with Crippen molar-refractivity contribution in [3.63, 3.8) is 0 Å². The van der Waals surface area contributed by atoms with Gasteiger partial charge in [-0.15, -0.1) is 0 Å². The van der Waals surface area contributed by atoms with Crippen LogP contribution < -0.4 is 10.6 Å². The lowest BCUT2D eigenvalue weighted by Crippen LogP contribution is -2.14. The molecule has 0 aliphatic carbocycles. The van der Waals surface area contributed by atoms with Gasteiger partial charge in [-0.1, -0.05) is 41.4 Å². The summed E-state index contributed by atoms with van der Waals surface area (Å²) in [6, 6.07) is 15.6. The zero-order valence-electron chi connectivity index (χ0n) is 11.3. The Bertz CT molecular complexity index is 731. The Labute approximate surface area is 138 Å². The summed E-state index contributed by atoms with van der Waals surface area (Å²) in [6.45, 7) is 0. The van der Waals surface area contributed by atoms with Gasteiger partial charge in [-0.2, -0.15) is 5.26 Å².